The van der Waals surface area contributed by atoms with Gasteiger partial charge in [0.25, 0.3) is 0 Å². The molecular formula is C16H28. The number of hydrogen-bond acceptors (Lipinski definition) is 0. The first-order chi connectivity index (χ1) is 7.75. The molecule has 0 aromatic carbocycles. The summed E-state index contributed by atoms with van der Waals surface area (Å²) in [4.78, 5) is 0. The van der Waals surface area contributed by atoms with Crippen LogP contribution in [-0.4, -0.2) is 0 Å². The van der Waals surface area contributed by atoms with E-state index in [1.54, 1.807) is 5.57 Å². The van der Waals surface area contributed by atoms with Gasteiger partial charge in [-0.25, -0.2) is 0 Å². The van der Waals surface area contributed by atoms with Crippen LogP contribution in [0.25, 0.3) is 0 Å². The monoisotopic (exact) mass is 220 g/mol. The third-order valence-electron chi connectivity index (χ3n) is 4.87. The highest BCUT2D eigenvalue weighted by Crippen LogP contribution is 2.37. The van der Waals surface area contributed by atoms with Crippen LogP contribution in [0.4, 0.5) is 0 Å². The zero-order valence-electron chi connectivity index (χ0n) is 11.0. The fourth-order valence-electron chi connectivity index (χ4n) is 3.60. The van der Waals surface area contributed by atoms with Gasteiger partial charge in [-0.2, -0.15) is 0 Å². The van der Waals surface area contributed by atoms with Gasteiger partial charge in [-0.3, -0.25) is 0 Å². The van der Waals surface area contributed by atoms with Crippen molar-refractivity contribution in [2.75, 3.05) is 0 Å². The molecule has 16 heavy (non-hydrogen) atoms. The second kappa shape index (κ2) is 5.89. The van der Waals surface area contributed by atoms with Crippen molar-refractivity contribution in [3.8, 4) is 0 Å². The molecule has 0 nitrogen and oxygen atoms in total. The average molecular weight is 220 g/mol. The van der Waals surface area contributed by atoms with E-state index in [-0.39, 0.29) is 0 Å². The van der Waals surface area contributed by atoms with Gasteiger partial charge in [-0.15, -0.1) is 0 Å². The molecule has 0 saturated heterocycles. The van der Waals surface area contributed by atoms with Crippen LogP contribution in [0.15, 0.2) is 12.2 Å². The summed E-state index contributed by atoms with van der Waals surface area (Å²) in [6, 6.07) is 0. The molecule has 0 aromatic rings. The van der Waals surface area contributed by atoms with Crippen molar-refractivity contribution >= 4 is 0 Å². The van der Waals surface area contributed by atoms with E-state index in [2.05, 4.69) is 13.5 Å². The highest BCUT2D eigenvalue weighted by molar-refractivity contribution is 5.03. The van der Waals surface area contributed by atoms with Gasteiger partial charge >= 0.3 is 0 Å². The normalized spacial score (nSPS) is 32.6. The van der Waals surface area contributed by atoms with Gasteiger partial charge in [-0.1, -0.05) is 64.0 Å². The molecule has 0 N–H and O–H groups in total. The summed E-state index contributed by atoms with van der Waals surface area (Å²) in [5.74, 6) is 2.83. The highest BCUT2D eigenvalue weighted by Gasteiger charge is 2.23. The van der Waals surface area contributed by atoms with Crippen molar-refractivity contribution < 1.29 is 0 Å². The predicted octanol–water partition coefficient (Wildman–Crippen LogP) is 5.34. The van der Waals surface area contributed by atoms with Gasteiger partial charge in [0.2, 0.25) is 0 Å². The quantitative estimate of drug-likeness (QED) is 0.563. The van der Waals surface area contributed by atoms with Gasteiger partial charge in [0.1, 0.15) is 0 Å². The standard InChI is InChI=1S/C16H28/c1-13-8-10-16(11-9-13)14(2)12-15-6-4-3-5-7-15/h13,15-16H,2-12H2,1H3. The minimum Gasteiger partial charge on any atom is -0.0996 e. The van der Waals surface area contributed by atoms with Crippen LogP contribution < -0.4 is 0 Å². The first-order valence-electron chi connectivity index (χ1n) is 7.43. The summed E-state index contributed by atoms with van der Waals surface area (Å²) < 4.78 is 0. The molecule has 0 atom stereocenters. The predicted molar refractivity (Wildman–Crippen MR) is 71.5 cm³/mol. The fraction of sp³-hybridized carbons (Fsp3) is 0.875. The van der Waals surface area contributed by atoms with Gasteiger partial charge < -0.3 is 0 Å². The lowest BCUT2D eigenvalue weighted by molar-refractivity contribution is 0.295. The zero-order valence-corrected chi connectivity index (χ0v) is 11.0. The average Bonchev–Trinajstić information content (AvgIpc) is 2.31. The molecule has 0 heteroatoms. The zero-order chi connectivity index (χ0) is 11.4. The minimum absolute atomic E-state index is 0.873. The van der Waals surface area contributed by atoms with E-state index >= 15 is 0 Å². The topological polar surface area (TPSA) is 0 Å². The third kappa shape index (κ3) is 3.37. The Labute approximate surface area is 102 Å². The fourth-order valence-corrected chi connectivity index (χ4v) is 3.60. The van der Waals surface area contributed by atoms with Crippen LogP contribution in [0.1, 0.15) is 71.1 Å². The SMILES string of the molecule is C=C(CC1CCCCC1)C1CCC(C)CC1. The van der Waals surface area contributed by atoms with Crippen LogP contribution in [0.5, 0.6) is 0 Å². The summed E-state index contributed by atoms with van der Waals surface area (Å²) in [6.07, 6.45) is 14.4. The largest absolute Gasteiger partial charge is 0.0996 e. The Morgan fingerprint density at radius 3 is 2.19 bits per heavy atom. The van der Waals surface area contributed by atoms with E-state index in [1.807, 2.05) is 0 Å². The maximum absolute atomic E-state index is 4.40. The Hall–Kier alpha value is -0.260. The number of hydrogen-bond donors (Lipinski definition) is 0. The van der Waals surface area contributed by atoms with Crippen molar-refractivity contribution in [1.29, 1.82) is 0 Å². The van der Waals surface area contributed by atoms with Crippen molar-refractivity contribution in [3.63, 3.8) is 0 Å². The third-order valence-corrected chi connectivity index (χ3v) is 4.87. The molecule has 0 spiro atoms. The molecule has 0 unspecified atom stereocenters. The van der Waals surface area contributed by atoms with Crippen LogP contribution in [-0.2, 0) is 0 Å². The van der Waals surface area contributed by atoms with Crippen molar-refractivity contribution in [3.05, 3.63) is 12.2 Å². The molecule has 2 saturated carbocycles. The van der Waals surface area contributed by atoms with E-state index in [4.69, 9.17) is 0 Å². The maximum atomic E-state index is 4.40. The number of allylic oxidation sites excluding steroid dienone is 1. The van der Waals surface area contributed by atoms with Crippen molar-refractivity contribution in [2.24, 2.45) is 17.8 Å². The van der Waals surface area contributed by atoms with Crippen LogP contribution in [0.3, 0.4) is 0 Å². The summed E-state index contributed by atoms with van der Waals surface area (Å²) in [6.45, 7) is 6.80. The first-order valence-corrected chi connectivity index (χ1v) is 7.43. The molecule has 0 radical (unpaired) electrons. The molecule has 0 aliphatic heterocycles. The summed E-state index contributed by atoms with van der Waals surface area (Å²) in [5.41, 5.74) is 1.60. The lowest BCUT2D eigenvalue weighted by Crippen LogP contribution is -2.16. The molecule has 0 aromatic heterocycles. The molecule has 2 rings (SSSR count). The molecule has 0 heterocycles. The lowest BCUT2D eigenvalue weighted by atomic mass is 9.75. The van der Waals surface area contributed by atoms with E-state index in [9.17, 15) is 0 Å². The van der Waals surface area contributed by atoms with Gasteiger partial charge in [-0.05, 0) is 37.0 Å². The van der Waals surface area contributed by atoms with E-state index < -0.39 is 0 Å². The molecular weight excluding hydrogens is 192 g/mol. The van der Waals surface area contributed by atoms with Gasteiger partial charge in [0.05, 0.1) is 0 Å². The Bertz CT molecular complexity index is 214. The Balaban J connectivity index is 1.74. The molecule has 0 bridgehead atoms. The van der Waals surface area contributed by atoms with Crippen molar-refractivity contribution in [2.45, 2.75) is 71.1 Å². The van der Waals surface area contributed by atoms with E-state index in [0.717, 1.165) is 17.8 Å². The van der Waals surface area contributed by atoms with Crippen molar-refractivity contribution in [1.82, 2.24) is 0 Å². The second-order valence-electron chi connectivity index (χ2n) is 6.32. The highest BCUT2D eigenvalue weighted by atomic mass is 14.3. The first kappa shape index (κ1) is 12.2. The molecule has 2 aliphatic rings. The maximum Gasteiger partial charge on any atom is -0.0206 e. The molecule has 0 amide bonds. The lowest BCUT2D eigenvalue weighted by Gasteiger charge is -2.30. The summed E-state index contributed by atoms with van der Waals surface area (Å²) in [5, 5.41) is 0. The Morgan fingerprint density at radius 2 is 1.56 bits per heavy atom. The Morgan fingerprint density at radius 1 is 0.938 bits per heavy atom. The van der Waals surface area contributed by atoms with Crippen LogP contribution in [0, 0.1) is 17.8 Å². The van der Waals surface area contributed by atoms with Crippen LogP contribution in [0.2, 0.25) is 0 Å². The number of rotatable bonds is 3. The second-order valence-corrected chi connectivity index (χ2v) is 6.32. The van der Waals surface area contributed by atoms with Gasteiger partial charge in [0, 0.05) is 0 Å². The van der Waals surface area contributed by atoms with Gasteiger partial charge in [0.15, 0.2) is 0 Å². The minimum atomic E-state index is 0.873. The smallest absolute Gasteiger partial charge is 0.0206 e. The van der Waals surface area contributed by atoms with E-state index in [0.29, 0.717) is 0 Å². The molecule has 2 fully saturated rings. The molecule has 92 valence electrons. The summed E-state index contributed by atoms with van der Waals surface area (Å²) in [7, 11) is 0. The van der Waals surface area contributed by atoms with Crippen LogP contribution >= 0.6 is 0 Å². The Kier molecular flexibility index (Phi) is 4.49. The summed E-state index contributed by atoms with van der Waals surface area (Å²) >= 11 is 0. The molecule has 2 aliphatic carbocycles. The van der Waals surface area contributed by atoms with E-state index in [1.165, 1.54) is 64.2 Å².